The molecule has 0 atom stereocenters. The van der Waals surface area contributed by atoms with E-state index in [2.05, 4.69) is 97.7 Å². The van der Waals surface area contributed by atoms with Gasteiger partial charge in [-0.1, -0.05) is 66.4 Å². The molecule has 4 heteroatoms. The summed E-state index contributed by atoms with van der Waals surface area (Å²) in [6, 6.07) is 23.9. The predicted octanol–water partition coefficient (Wildman–Crippen LogP) is 5.41. The highest BCUT2D eigenvalue weighted by Crippen LogP contribution is 2.35. The maximum Gasteiger partial charge on any atom is 0.0242 e. The van der Waals surface area contributed by atoms with Crippen LogP contribution >= 0.6 is 24.2 Å². The summed E-state index contributed by atoms with van der Waals surface area (Å²) >= 11 is 1.87. The van der Waals surface area contributed by atoms with E-state index < -0.39 is 0 Å². The van der Waals surface area contributed by atoms with Crippen molar-refractivity contribution in [1.82, 2.24) is 9.80 Å². The lowest BCUT2D eigenvalue weighted by Gasteiger charge is -2.21. The lowest BCUT2D eigenvalue weighted by atomic mass is 10.1. The molecule has 0 saturated carbocycles. The molecule has 26 heavy (non-hydrogen) atoms. The van der Waals surface area contributed by atoms with Crippen molar-refractivity contribution in [2.45, 2.75) is 16.3 Å². The van der Waals surface area contributed by atoms with Crippen LogP contribution < -0.4 is 0 Å². The highest BCUT2D eigenvalue weighted by atomic mass is 35.5. The van der Waals surface area contributed by atoms with Crippen LogP contribution in [0, 0.1) is 0 Å². The number of hydrogen-bond acceptors (Lipinski definition) is 3. The first-order valence-corrected chi connectivity index (χ1v) is 9.52. The summed E-state index contributed by atoms with van der Waals surface area (Å²) in [7, 11) is 6.44. The van der Waals surface area contributed by atoms with E-state index in [4.69, 9.17) is 0 Å². The van der Waals surface area contributed by atoms with E-state index in [1.807, 2.05) is 11.8 Å². The Kier molecular flexibility index (Phi) is 7.98. The van der Waals surface area contributed by atoms with Gasteiger partial charge in [0.1, 0.15) is 0 Å². The molecule has 0 heterocycles. The van der Waals surface area contributed by atoms with E-state index in [1.54, 1.807) is 0 Å². The first-order chi connectivity index (χ1) is 12.1. The highest BCUT2D eigenvalue weighted by Gasteiger charge is 2.09. The summed E-state index contributed by atoms with van der Waals surface area (Å²) in [6.07, 6.45) is 0. The van der Waals surface area contributed by atoms with Gasteiger partial charge in [0.25, 0.3) is 0 Å². The highest BCUT2D eigenvalue weighted by molar-refractivity contribution is 7.99. The van der Waals surface area contributed by atoms with E-state index in [9.17, 15) is 0 Å². The number of halogens is 1. The second-order valence-electron chi connectivity index (χ2n) is 6.73. The third-order valence-corrected chi connectivity index (χ3v) is 5.51. The molecular formula is C22H27ClN2S. The zero-order chi connectivity index (χ0) is 17.6. The Balaban J connectivity index is 0.00000243. The van der Waals surface area contributed by atoms with Crippen molar-refractivity contribution >= 4 is 34.9 Å². The van der Waals surface area contributed by atoms with Gasteiger partial charge in [-0.25, -0.2) is 0 Å². The Morgan fingerprint density at radius 1 is 0.731 bits per heavy atom. The molecule has 3 rings (SSSR count). The zero-order valence-electron chi connectivity index (χ0n) is 15.7. The molecule has 0 bridgehead atoms. The summed E-state index contributed by atoms with van der Waals surface area (Å²) in [5.74, 6) is 0. The molecule has 0 aliphatic rings. The Hall–Kier alpha value is -1.52. The minimum atomic E-state index is 0. The van der Waals surface area contributed by atoms with Gasteiger partial charge in [-0.3, -0.25) is 0 Å². The maximum atomic E-state index is 2.39. The number of rotatable bonds is 7. The molecule has 0 unspecified atom stereocenters. The van der Waals surface area contributed by atoms with Crippen LogP contribution in [0.4, 0.5) is 0 Å². The normalized spacial score (nSPS) is 11.1. The van der Waals surface area contributed by atoms with E-state index in [0.29, 0.717) is 0 Å². The van der Waals surface area contributed by atoms with Gasteiger partial charge in [-0.15, -0.1) is 12.4 Å². The molecule has 3 aromatic carbocycles. The van der Waals surface area contributed by atoms with Gasteiger partial charge in [-0.05, 0) is 49.6 Å². The fourth-order valence-corrected chi connectivity index (χ4v) is 3.97. The fraction of sp³-hybridized carbons (Fsp3) is 0.273. The van der Waals surface area contributed by atoms with Crippen LogP contribution in [0.2, 0.25) is 0 Å². The van der Waals surface area contributed by atoms with Crippen LogP contribution in [-0.2, 0) is 6.54 Å². The smallest absolute Gasteiger partial charge is 0.0242 e. The first-order valence-electron chi connectivity index (χ1n) is 8.70. The molecule has 0 amide bonds. The largest absolute Gasteiger partial charge is 0.308 e. The molecule has 138 valence electrons. The van der Waals surface area contributed by atoms with E-state index in [1.165, 1.54) is 26.1 Å². The van der Waals surface area contributed by atoms with Gasteiger partial charge in [0.2, 0.25) is 0 Å². The van der Waals surface area contributed by atoms with Crippen LogP contribution in [0.25, 0.3) is 10.8 Å². The molecule has 0 aromatic heterocycles. The number of nitrogens with zero attached hydrogens (tertiary/aromatic N) is 2. The van der Waals surface area contributed by atoms with Crippen molar-refractivity contribution in [3.8, 4) is 0 Å². The van der Waals surface area contributed by atoms with Crippen LogP contribution in [0.3, 0.4) is 0 Å². The molecular weight excluding hydrogens is 360 g/mol. The fourth-order valence-electron chi connectivity index (χ4n) is 2.88. The summed E-state index contributed by atoms with van der Waals surface area (Å²) in [5.41, 5.74) is 1.39. The third-order valence-electron chi connectivity index (χ3n) is 4.31. The predicted molar refractivity (Wildman–Crippen MR) is 117 cm³/mol. The topological polar surface area (TPSA) is 6.48 Å². The molecule has 2 nitrogen and oxygen atoms in total. The second kappa shape index (κ2) is 9.98. The molecule has 0 N–H and O–H groups in total. The van der Waals surface area contributed by atoms with Crippen LogP contribution in [0.15, 0.2) is 76.5 Å². The minimum absolute atomic E-state index is 0. The lowest BCUT2D eigenvalue weighted by Crippen LogP contribution is -2.28. The van der Waals surface area contributed by atoms with Crippen molar-refractivity contribution in [3.63, 3.8) is 0 Å². The maximum absolute atomic E-state index is 2.39. The van der Waals surface area contributed by atoms with Gasteiger partial charge in [0, 0.05) is 29.4 Å². The summed E-state index contributed by atoms with van der Waals surface area (Å²) < 4.78 is 0. The number of fused-ring (bicyclic) bond motifs is 1. The quantitative estimate of drug-likeness (QED) is 0.536. The van der Waals surface area contributed by atoms with Gasteiger partial charge in [-0.2, -0.15) is 0 Å². The number of likely N-dealkylation sites (N-methyl/N-ethyl adjacent to an activating group) is 2. The molecule has 3 aromatic rings. The number of hydrogen-bond donors (Lipinski definition) is 0. The van der Waals surface area contributed by atoms with E-state index in [-0.39, 0.29) is 12.4 Å². The Morgan fingerprint density at radius 2 is 1.38 bits per heavy atom. The molecule has 0 saturated heterocycles. The SMILES string of the molecule is CN(C)CCN(C)Cc1ccccc1Sc1cccc2ccccc12.Cl. The monoisotopic (exact) mass is 386 g/mol. The molecule has 0 aliphatic carbocycles. The summed E-state index contributed by atoms with van der Waals surface area (Å²) in [4.78, 5) is 7.28. The average molecular weight is 387 g/mol. The van der Waals surface area contributed by atoms with Gasteiger partial charge in [0.05, 0.1) is 0 Å². The van der Waals surface area contributed by atoms with Crippen molar-refractivity contribution in [3.05, 3.63) is 72.3 Å². The number of benzene rings is 3. The molecule has 0 radical (unpaired) electrons. The van der Waals surface area contributed by atoms with Gasteiger partial charge < -0.3 is 9.80 Å². The summed E-state index contributed by atoms with van der Waals surface area (Å²) in [6.45, 7) is 3.12. The minimum Gasteiger partial charge on any atom is -0.308 e. The van der Waals surface area contributed by atoms with Crippen molar-refractivity contribution in [1.29, 1.82) is 0 Å². The Morgan fingerprint density at radius 3 is 2.19 bits per heavy atom. The van der Waals surface area contributed by atoms with Gasteiger partial charge in [0.15, 0.2) is 0 Å². The molecule has 0 fully saturated rings. The first kappa shape index (κ1) is 20.8. The van der Waals surface area contributed by atoms with Crippen LogP contribution in [0.1, 0.15) is 5.56 Å². The van der Waals surface area contributed by atoms with E-state index >= 15 is 0 Å². The van der Waals surface area contributed by atoms with Crippen molar-refractivity contribution in [2.75, 3.05) is 34.2 Å². The average Bonchev–Trinajstić information content (AvgIpc) is 2.62. The zero-order valence-corrected chi connectivity index (χ0v) is 17.3. The van der Waals surface area contributed by atoms with Crippen molar-refractivity contribution < 1.29 is 0 Å². The lowest BCUT2D eigenvalue weighted by molar-refractivity contribution is 0.275. The molecule has 0 aliphatic heterocycles. The van der Waals surface area contributed by atoms with E-state index in [0.717, 1.165) is 19.6 Å². The molecule has 0 spiro atoms. The third kappa shape index (κ3) is 5.49. The van der Waals surface area contributed by atoms with Gasteiger partial charge >= 0.3 is 0 Å². The standard InChI is InChI=1S/C22H26N2S.ClH/c1-23(2)15-16-24(3)17-19-10-5-7-13-21(19)25-22-14-8-11-18-9-4-6-12-20(18)22;/h4-14H,15-17H2,1-3H3;1H. The second-order valence-corrected chi connectivity index (χ2v) is 7.81. The van der Waals surface area contributed by atoms with Crippen LogP contribution in [-0.4, -0.2) is 44.0 Å². The van der Waals surface area contributed by atoms with Crippen molar-refractivity contribution in [2.24, 2.45) is 0 Å². The summed E-state index contributed by atoms with van der Waals surface area (Å²) in [5, 5.41) is 2.62. The van der Waals surface area contributed by atoms with Crippen LogP contribution in [0.5, 0.6) is 0 Å². The Bertz CT molecular complexity index is 830. The Labute approximate surface area is 167 Å².